The largest absolute Gasteiger partial charge is 0.497 e. The van der Waals surface area contributed by atoms with Gasteiger partial charge in [-0.1, -0.05) is 29.8 Å². The fourth-order valence-electron chi connectivity index (χ4n) is 3.60. The zero-order valence-electron chi connectivity index (χ0n) is 20.4. The number of carbonyl (C=O) groups excluding carboxylic acids is 3. The van der Waals surface area contributed by atoms with E-state index in [0.717, 1.165) is 21.3 Å². The number of hydrogen-bond acceptors (Lipinski definition) is 6. The van der Waals surface area contributed by atoms with Gasteiger partial charge in [-0.2, -0.15) is 0 Å². The maximum atomic E-state index is 12.7. The van der Waals surface area contributed by atoms with E-state index in [-0.39, 0.29) is 22.8 Å². The van der Waals surface area contributed by atoms with E-state index in [1.165, 1.54) is 17.4 Å². The molecule has 1 heterocycles. The maximum absolute atomic E-state index is 12.7. The fraction of sp³-hybridized carbons (Fsp3) is 0.148. The van der Waals surface area contributed by atoms with Gasteiger partial charge in [0.15, 0.2) is 0 Å². The highest BCUT2D eigenvalue weighted by atomic mass is 35.5. The second-order valence-electron chi connectivity index (χ2n) is 8.38. The van der Waals surface area contributed by atoms with Crippen LogP contribution in [-0.4, -0.2) is 38.9 Å². The fourth-order valence-corrected chi connectivity index (χ4v) is 5.04. The van der Waals surface area contributed by atoms with Crippen molar-refractivity contribution in [3.8, 4) is 5.75 Å². The molecule has 3 N–H and O–H groups in total. The van der Waals surface area contributed by atoms with E-state index >= 15 is 0 Å². The Morgan fingerprint density at radius 1 is 0.946 bits per heavy atom. The first-order chi connectivity index (χ1) is 17.7. The first-order valence-corrected chi connectivity index (χ1v) is 12.5. The highest BCUT2D eigenvalue weighted by Crippen LogP contribution is 2.37. The smallest absolute Gasteiger partial charge is 0.281 e. The Morgan fingerprint density at radius 3 is 2.38 bits per heavy atom. The van der Waals surface area contributed by atoms with E-state index in [1.54, 1.807) is 43.5 Å². The number of ether oxygens (including phenoxy) is 1. The summed E-state index contributed by atoms with van der Waals surface area (Å²) in [5.74, 6) is -0.634. The van der Waals surface area contributed by atoms with Gasteiger partial charge < -0.3 is 15.0 Å². The van der Waals surface area contributed by atoms with Crippen molar-refractivity contribution in [1.82, 2.24) is 10.9 Å². The molecule has 37 heavy (non-hydrogen) atoms. The number of halogens is 1. The highest BCUT2D eigenvalue weighted by Gasteiger charge is 2.18. The highest BCUT2D eigenvalue weighted by molar-refractivity contribution is 7.21. The van der Waals surface area contributed by atoms with Crippen molar-refractivity contribution in [3.63, 3.8) is 0 Å². The molecule has 4 aromatic rings. The number of nitrogens with zero attached hydrogens (tertiary/aromatic N) is 1. The number of amides is 3. The Morgan fingerprint density at radius 2 is 1.68 bits per heavy atom. The molecule has 0 saturated carbocycles. The van der Waals surface area contributed by atoms with Crippen molar-refractivity contribution in [2.24, 2.45) is 0 Å². The summed E-state index contributed by atoms with van der Waals surface area (Å²) in [7, 11) is 5.46. The lowest BCUT2D eigenvalue weighted by molar-refractivity contribution is -0.115. The van der Waals surface area contributed by atoms with Gasteiger partial charge in [-0.3, -0.25) is 25.2 Å². The summed E-state index contributed by atoms with van der Waals surface area (Å²) in [5, 5.41) is 3.83. The van der Waals surface area contributed by atoms with Gasteiger partial charge in [-0.15, -0.1) is 11.3 Å². The van der Waals surface area contributed by atoms with Crippen LogP contribution in [0.25, 0.3) is 10.1 Å². The number of fused-ring (bicyclic) bond motifs is 1. The molecule has 190 valence electrons. The van der Waals surface area contributed by atoms with Gasteiger partial charge in [0.25, 0.3) is 11.8 Å². The van der Waals surface area contributed by atoms with Crippen LogP contribution in [0.2, 0.25) is 5.02 Å². The molecule has 0 unspecified atom stereocenters. The minimum atomic E-state index is -0.539. The third kappa shape index (κ3) is 6.19. The third-order valence-electron chi connectivity index (χ3n) is 5.56. The molecule has 0 spiro atoms. The van der Waals surface area contributed by atoms with Crippen LogP contribution < -0.4 is 25.8 Å². The summed E-state index contributed by atoms with van der Waals surface area (Å²) in [6, 6.07) is 19.5. The normalized spacial score (nSPS) is 10.6. The number of benzene rings is 3. The van der Waals surface area contributed by atoms with Crippen LogP contribution in [-0.2, 0) is 11.2 Å². The Bertz CT molecular complexity index is 1470. The maximum Gasteiger partial charge on any atom is 0.281 e. The predicted octanol–water partition coefficient (Wildman–Crippen LogP) is 4.89. The minimum Gasteiger partial charge on any atom is -0.497 e. The predicted molar refractivity (Wildman–Crippen MR) is 148 cm³/mol. The summed E-state index contributed by atoms with van der Waals surface area (Å²) < 4.78 is 6.00. The molecular formula is C27H25ClN4O4S. The molecule has 0 aliphatic heterocycles. The van der Waals surface area contributed by atoms with Crippen LogP contribution in [0.15, 0.2) is 66.7 Å². The first-order valence-electron chi connectivity index (χ1n) is 11.3. The molecule has 0 bridgehead atoms. The van der Waals surface area contributed by atoms with Crippen LogP contribution in [0.3, 0.4) is 0 Å². The monoisotopic (exact) mass is 536 g/mol. The van der Waals surface area contributed by atoms with E-state index in [2.05, 4.69) is 16.2 Å². The van der Waals surface area contributed by atoms with Crippen LogP contribution >= 0.6 is 22.9 Å². The summed E-state index contributed by atoms with van der Waals surface area (Å²) in [6.07, 6.45) is 0.196. The molecule has 10 heteroatoms. The van der Waals surface area contributed by atoms with Crippen molar-refractivity contribution in [2.75, 3.05) is 31.4 Å². The molecule has 4 rings (SSSR count). The van der Waals surface area contributed by atoms with Crippen molar-refractivity contribution in [3.05, 3.63) is 87.8 Å². The van der Waals surface area contributed by atoms with Gasteiger partial charge in [0.1, 0.15) is 10.6 Å². The zero-order valence-corrected chi connectivity index (χ0v) is 22.0. The summed E-state index contributed by atoms with van der Waals surface area (Å²) in [5.41, 5.74) is 7.44. The lowest BCUT2D eigenvalue weighted by Gasteiger charge is -2.13. The topological polar surface area (TPSA) is 99.8 Å². The van der Waals surface area contributed by atoms with E-state index in [0.29, 0.717) is 16.5 Å². The van der Waals surface area contributed by atoms with E-state index < -0.39 is 11.8 Å². The van der Waals surface area contributed by atoms with Gasteiger partial charge in [0.2, 0.25) is 5.91 Å². The molecule has 0 aliphatic carbocycles. The SMILES string of the molecule is COc1ccc2c(Cl)c(C(=O)NNC(=O)c3cccc(NC(=O)Cc4ccc(N(C)C)cc4)c3)sc2c1. The molecule has 3 amide bonds. The molecular weight excluding hydrogens is 512 g/mol. The first kappa shape index (κ1) is 26.0. The van der Waals surface area contributed by atoms with Crippen molar-refractivity contribution in [2.45, 2.75) is 6.42 Å². The number of hydrazine groups is 1. The van der Waals surface area contributed by atoms with E-state index in [1.807, 2.05) is 43.3 Å². The number of hydrogen-bond donors (Lipinski definition) is 3. The minimum absolute atomic E-state index is 0.196. The van der Waals surface area contributed by atoms with Crippen molar-refractivity contribution in [1.29, 1.82) is 0 Å². The van der Waals surface area contributed by atoms with Crippen LogP contribution in [0, 0.1) is 0 Å². The van der Waals surface area contributed by atoms with Gasteiger partial charge in [-0.05, 0) is 54.1 Å². The Balaban J connectivity index is 1.36. The zero-order chi connectivity index (χ0) is 26.5. The molecule has 3 aromatic carbocycles. The number of methoxy groups -OCH3 is 1. The molecule has 0 fully saturated rings. The quantitative estimate of drug-likeness (QED) is 0.292. The molecule has 0 atom stereocenters. The number of thiophene rings is 1. The lowest BCUT2D eigenvalue weighted by Crippen LogP contribution is -2.41. The van der Waals surface area contributed by atoms with Crippen LogP contribution in [0.5, 0.6) is 5.75 Å². The average molecular weight is 537 g/mol. The van der Waals surface area contributed by atoms with Crippen LogP contribution in [0.1, 0.15) is 25.6 Å². The summed E-state index contributed by atoms with van der Waals surface area (Å²) in [4.78, 5) is 40.1. The summed E-state index contributed by atoms with van der Waals surface area (Å²) in [6.45, 7) is 0. The van der Waals surface area contributed by atoms with Crippen LogP contribution in [0.4, 0.5) is 11.4 Å². The number of carbonyl (C=O) groups is 3. The average Bonchev–Trinajstić information content (AvgIpc) is 3.23. The second kappa shape index (κ2) is 11.3. The van der Waals surface area contributed by atoms with Gasteiger partial charge in [-0.25, -0.2) is 0 Å². The number of rotatable bonds is 7. The Kier molecular flexibility index (Phi) is 7.95. The van der Waals surface area contributed by atoms with Gasteiger partial charge in [0, 0.05) is 41.1 Å². The molecule has 8 nitrogen and oxygen atoms in total. The molecule has 0 saturated heterocycles. The standard InChI is InChI=1S/C27H25ClN4O4S/c1-32(2)19-9-7-16(8-10-19)13-23(33)29-18-6-4-5-17(14-18)26(34)30-31-27(35)25-24(28)21-12-11-20(36-3)15-22(21)37-25/h4-12,14-15H,13H2,1-3H3,(H,29,33)(H,30,34)(H,31,35). The van der Waals surface area contributed by atoms with Crippen molar-refractivity contribution >= 4 is 62.1 Å². The van der Waals surface area contributed by atoms with Gasteiger partial charge in [0.05, 0.1) is 18.6 Å². The van der Waals surface area contributed by atoms with Gasteiger partial charge >= 0.3 is 0 Å². The molecule has 1 aromatic heterocycles. The summed E-state index contributed by atoms with van der Waals surface area (Å²) >= 11 is 7.58. The molecule has 0 radical (unpaired) electrons. The number of anilines is 2. The third-order valence-corrected chi connectivity index (χ3v) is 7.21. The number of nitrogens with one attached hydrogen (secondary N) is 3. The van der Waals surface area contributed by atoms with E-state index in [9.17, 15) is 14.4 Å². The lowest BCUT2D eigenvalue weighted by atomic mass is 10.1. The second-order valence-corrected chi connectivity index (χ2v) is 9.81. The Hall–Kier alpha value is -4.08. The van der Waals surface area contributed by atoms with E-state index in [4.69, 9.17) is 16.3 Å². The van der Waals surface area contributed by atoms with Crippen molar-refractivity contribution < 1.29 is 19.1 Å². The molecule has 0 aliphatic rings. The Labute approximate surface area is 223 Å².